The number of rotatable bonds is 3. The van der Waals surface area contributed by atoms with Crippen molar-refractivity contribution in [2.75, 3.05) is 6.54 Å². The second-order valence-electron chi connectivity index (χ2n) is 8.67. The summed E-state index contributed by atoms with van der Waals surface area (Å²) in [5.41, 5.74) is -1.31. The highest BCUT2D eigenvalue weighted by atomic mass is 16.7. The average Bonchev–Trinajstić information content (AvgIpc) is 3.03. The van der Waals surface area contributed by atoms with Gasteiger partial charge in [-0.25, -0.2) is 4.79 Å². The molecule has 0 spiro atoms. The van der Waals surface area contributed by atoms with E-state index in [9.17, 15) is 28.8 Å². The van der Waals surface area contributed by atoms with Gasteiger partial charge in [0.05, 0.1) is 5.41 Å². The van der Waals surface area contributed by atoms with Crippen LogP contribution < -0.4 is 0 Å². The van der Waals surface area contributed by atoms with E-state index in [4.69, 9.17) is 9.57 Å². The fourth-order valence-electron chi connectivity index (χ4n) is 2.18. The van der Waals surface area contributed by atoms with Gasteiger partial charge in [-0.3, -0.25) is 28.9 Å². The number of nitrogens with zero attached hydrogens (tertiary/aromatic N) is 2. The standard InChI is InChI=1S/C10H15NO4.C9H13NO4/c1-10(2,3)15-9(14)6-11-7(12)4-5-8(11)13;1-9(2,3)8(13)14-10-6(11)4-5-7(10)12/h4-6H2,1-3H3;4-5H2,1-3H3. The number of hydrogen-bond donors (Lipinski definition) is 0. The molecule has 2 fully saturated rings. The highest BCUT2D eigenvalue weighted by Crippen LogP contribution is 2.19. The first kappa shape index (κ1) is 24.3. The van der Waals surface area contributed by atoms with Crippen molar-refractivity contribution in [1.29, 1.82) is 0 Å². The van der Waals surface area contributed by atoms with Crippen LogP contribution in [-0.2, 0) is 38.3 Å². The molecule has 0 aromatic heterocycles. The molecule has 0 radical (unpaired) electrons. The van der Waals surface area contributed by atoms with Gasteiger partial charge in [-0.2, -0.15) is 0 Å². The summed E-state index contributed by atoms with van der Waals surface area (Å²) >= 11 is 0. The van der Waals surface area contributed by atoms with Crippen LogP contribution in [0.4, 0.5) is 0 Å². The van der Waals surface area contributed by atoms with E-state index in [2.05, 4.69) is 0 Å². The van der Waals surface area contributed by atoms with Crippen molar-refractivity contribution in [2.45, 2.75) is 72.8 Å². The molecule has 2 rings (SSSR count). The molecule has 0 bridgehead atoms. The Kier molecular flexibility index (Phi) is 7.65. The van der Waals surface area contributed by atoms with Crippen LogP contribution in [0.5, 0.6) is 0 Å². The molecule has 0 unspecified atom stereocenters. The number of likely N-dealkylation sites (tertiary alicyclic amines) is 1. The van der Waals surface area contributed by atoms with Gasteiger partial charge in [-0.15, -0.1) is 5.06 Å². The van der Waals surface area contributed by atoms with Gasteiger partial charge in [-0.05, 0) is 41.5 Å². The third-order valence-electron chi connectivity index (χ3n) is 3.65. The number of carbonyl (C=O) groups excluding carboxylic acids is 6. The first-order chi connectivity index (χ1) is 13.1. The van der Waals surface area contributed by atoms with E-state index in [1.54, 1.807) is 41.5 Å². The molecule has 0 saturated carbocycles. The summed E-state index contributed by atoms with van der Waals surface area (Å²) in [7, 11) is 0. The van der Waals surface area contributed by atoms with Crippen molar-refractivity contribution < 1.29 is 38.3 Å². The molecule has 0 aromatic rings. The van der Waals surface area contributed by atoms with Crippen LogP contribution >= 0.6 is 0 Å². The van der Waals surface area contributed by atoms with Crippen molar-refractivity contribution in [3.8, 4) is 0 Å². The Hall–Kier alpha value is -2.78. The number of amides is 4. The van der Waals surface area contributed by atoms with Crippen molar-refractivity contribution in [2.24, 2.45) is 5.41 Å². The molecule has 2 aliphatic heterocycles. The fourth-order valence-corrected chi connectivity index (χ4v) is 2.18. The topological polar surface area (TPSA) is 127 Å². The lowest BCUT2D eigenvalue weighted by Gasteiger charge is -2.21. The lowest BCUT2D eigenvalue weighted by Crippen LogP contribution is -2.37. The van der Waals surface area contributed by atoms with Crippen LogP contribution in [0.25, 0.3) is 0 Å². The minimum absolute atomic E-state index is 0.121. The summed E-state index contributed by atoms with van der Waals surface area (Å²) in [6.45, 7) is 9.89. The number of esters is 1. The van der Waals surface area contributed by atoms with Crippen LogP contribution in [-0.4, -0.2) is 57.7 Å². The predicted molar refractivity (Wildman–Crippen MR) is 98.4 cm³/mol. The molecule has 4 amide bonds. The van der Waals surface area contributed by atoms with Gasteiger partial charge in [0.1, 0.15) is 12.1 Å². The molecular weight excluding hydrogens is 384 g/mol. The first-order valence-electron chi connectivity index (χ1n) is 9.25. The second-order valence-corrected chi connectivity index (χ2v) is 8.67. The SMILES string of the molecule is CC(C)(C)C(=O)ON1C(=O)CCC1=O.CC(C)(C)OC(=O)CN1C(=O)CCC1=O. The van der Waals surface area contributed by atoms with Crippen LogP contribution in [0.1, 0.15) is 67.2 Å². The molecule has 0 aromatic carbocycles. The van der Waals surface area contributed by atoms with Crippen molar-refractivity contribution in [3.63, 3.8) is 0 Å². The molecule has 2 aliphatic rings. The number of hydrogen-bond acceptors (Lipinski definition) is 8. The van der Waals surface area contributed by atoms with Gasteiger partial charge in [0.15, 0.2) is 0 Å². The van der Waals surface area contributed by atoms with Crippen molar-refractivity contribution >= 4 is 35.6 Å². The maximum Gasteiger partial charge on any atom is 0.338 e. The van der Waals surface area contributed by atoms with Crippen molar-refractivity contribution in [1.82, 2.24) is 9.96 Å². The van der Waals surface area contributed by atoms with Gasteiger partial charge in [-0.1, -0.05) is 0 Å². The second kappa shape index (κ2) is 9.15. The fraction of sp³-hybridized carbons (Fsp3) is 0.684. The average molecular weight is 412 g/mol. The van der Waals surface area contributed by atoms with E-state index in [0.29, 0.717) is 5.06 Å². The Morgan fingerprint density at radius 1 is 0.793 bits per heavy atom. The maximum atomic E-state index is 11.3. The molecule has 2 heterocycles. The van der Waals surface area contributed by atoms with E-state index in [0.717, 1.165) is 4.90 Å². The van der Waals surface area contributed by atoms with Crippen LogP contribution in [0.15, 0.2) is 0 Å². The summed E-state index contributed by atoms with van der Waals surface area (Å²) in [6.07, 6.45) is 0.635. The molecule has 162 valence electrons. The van der Waals surface area contributed by atoms with Crippen LogP contribution in [0, 0.1) is 5.41 Å². The molecule has 10 nitrogen and oxygen atoms in total. The molecule has 29 heavy (non-hydrogen) atoms. The van der Waals surface area contributed by atoms with E-state index >= 15 is 0 Å². The summed E-state index contributed by atoms with van der Waals surface area (Å²) in [5, 5.41) is 0.563. The van der Waals surface area contributed by atoms with Gasteiger partial charge < -0.3 is 9.57 Å². The summed E-state index contributed by atoms with van der Waals surface area (Å²) in [4.78, 5) is 72.8. The first-order valence-corrected chi connectivity index (χ1v) is 9.25. The molecule has 2 saturated heterocycles. The zero-order chi connectivity index (χ0) is 22.6. The zero-order valence-electron chi connectivity index (χ0n) is 17.7. The number of carbonyl (C=O) groups is 6. The molecule has 10 heteroatoms. The predicted octanol–water partition coefficient (Wildman–Crippen LogP) is 1.12. The lowest BCUT2D eigenvalue weighted by atomic mass is 9.98. The van der Waals surface area contributed by atoms with Crippen molar-refractivity contribution in [3.05, 3.63) is 0 Å². The Morgan fingerprint density at radius 2 is 1.21 bits per heavy atom. The highest BCUT2D eigenvalue weighted by molar-refractivity contribution is 6.04. The smallest absolute Gasteiger partial charge is 0.338 e. The highest BCUT2D eigenvalue weighted by Gasteiger charge is 2.36. The quantitative estimate of drug-likeness (QED) is 0.498. The van der Waals surface area contributed by atoms with E-state index in [1.807, 2.05) is 0 Å². The zero-order valence-corrected chi connectivity index (χ0v) is 17.7. The van der Waals surface area contributed by atoms with Gasteiger partial charge >= 0.3 is 11.9 Å². The minimum Gasteiger partial charge on any atom is -0.459 e. The Labute approximate surface area is 169 Å². The molecule has 0 aliphatic carbocycles. The number of ether oxygens (including phenoxy) is 1. The lowest BCUT2D eigenvalue weighted by molar-refractivity contribution is -0.203. The normalized spacial score (nSPS) is 17.3. The van der Waals surface area contributed by atoms with Gasteiger partial charge in [0.2, 0.25) is 11.8 Å². The molecular formula is C19H28N2O8. The minimum atomic E-state index is -0.719. The van der Waals surface area contributed by atoms with E-state index in [1.165, 1.54) is 0 Å². The number of hydroxylamine groups is 2. The van der Waals surface area contributed by atoms with Crippen LogP contribution in [0.3, 0.4) is 0 Å². The summed E-state index contributed by atoms with van der Waals surface area (Å²) in [5.74, 6) is -2.64. The van der Waals surface area contributed by atoms with Crippen LogP contribution in [0.2, 0.25) is 0 Å². The molecule has 0 atom stereocenters. The Morgan fingerprint density at radius 3 is 1.59 bits per heavy atom. The number of imide groups is 2. The van der Waals surface area contributed by atoms with Gasteiger partial charge in [0, 0.05) is 25.7 Å². The Balaban J connectivity index is 0.000000291. The summed E-state index contributed by atoms with van der Waals surface area (Å²) in [6, 6.07) is 0. The van der Waals surface area contributed by atoms with E-state index < -0.39 is 34.8 Å². The summed E-state index contributed by atoms with van der Waals surface area (Å²) < 4.78 is 5.01. The monoisotopic (exact) mass is 412 g/mol. The Bertz CT molecular complexity index is 683. The maximum absolute atomic E-state index is 11.3. The third-order valence-corrected chi connectivity index (χ3v) is 3.65. The largest absolute Gasteiger partial charge is 0.459 e. The van der Waals surface area contributed by atoms with E-state index in [-0.39, 0.29) is 44.0 Å². The van der Waals surface area contributed by atoms with Gasteiger partial charge in [0.25, 0.3) is 11.8 Å². The third kappa shape index (κ3) is 7.63. The molecule has 0 N–H and O–H groups in total.